The van der Waals surface area contributed by atoms with Gasteiger partial charge in [0, 0.05) is 12.6 Å². The third kappa shape index (κ3) is 6.31. The van der Waals surface area contributed by atoms with Crippen LogP contribution in [0.4, 0.5) is 0 Å². The van der Waals surface area contributed by atoms with Crippen molar-refractivity contribution in [2.24, 2.45) is 0 Å². The molecule has 3 aromatic rings. The van der Waals surface area contributed by atoms with E-state index in [0.29, 0.717) is 5.56 Å². The normalized spacial score (nSPS) is 14.1. The van der Waals surface area contributed by atoms with Crippen LogP contribution in [-0.4, -0.2) is 45.4 Å². The largest absolute Gasteiger partial charge is 0.387 e. The van der Waals surface area contributed by atoms with Crippen LogP contribution in [-0.2, 0) is 24.3 Å². The molecule has 0 aliphatic rings. The number of aliphatic hydroxyl groups excluding tert-OH is 1. The van der Waals surface area contributed by atoms with E-state index < -0.39 is 38.9 Å². The van der Waals surface area contributed by atoms with Crippen LogP contribution in [0.3, 0.4) is 0 Å². The maximum Gasteiger partial charge on any atom is 0.297 e. The topological polar surface area (TPSA) is 101 Å². The molecular formula is C25H29NO6S2. The van der Waals surface area contributed by atoms with E-state index in [0.717, 1.165) is 15.4 Å². The molecule has 2 atom stereocenters. The van der Waals surface area contributed by atoms with Crippen molar-refractivity contribution in [3.8, 4) is 0 Å². The molecule has 0 unspecified atom stereocenters. The van der Waals surface area contributed by atoms with Crippen LogP contribution in [0.25, 0.3) is 0 Å². The maximum atomic E-state index is 13.5. The van der Waals surface area contributed by atoms with E-state index in [1.807, 2.05) is 13.8 Å². The van der Waals surface area contributed by atoms with Crippen LogP contribution in [0.15, 0.2) is 88.7 Å². The molecule has 0 spiro atoms. The minimum Gasteiger partial charge on any atom is -0.387 e. The fourth-order valence-electron chi connectivity index (χ4n) is 3.36. The molecule has 0 aromatic heterocycles. The smallest absolute Gasteiger partial charge is 0.297 e. The molecular weight excluding hydrogens is 474 g/mol. The number of benzene rings is 3. The number of hydrogen-bond acceptors (Lipinski definition) is 6. The van der Waals surface area contributed by atoms with Crippen molar-refractivity contribution in [3.05, 3.63) is 95.6 Å². The van der Waals surface area contributed by atoms with Crippen molar-refractivity contribution in [3.63, 3.8) is 0 Å². The summed E-state index contributed by atoms with van der Waals surface area (Å²) in [5.74, 6) is 0. The summed E-state index contributed by atoms with van der Waals surface area (Å²) >= 11 is 0. The van der Waals surface area contributed by atoms with E-state index in [1.165, 1.54) is 24.3 Å². The Morgan fingerprint density at radius 3 is 1.82 bits per heavy atom. The van der Waals surface area contributed by atoms with Crippen molar-refractivity contribution in [1.82, 2.24) is 4.31 Å². The molecule has 182 valence electrons. The average molecular weight is 504 g/mol. The Bertz CT molecular complexity index is 1290. The predicted molar refractivity (Wildman–Crippen MR) is 130 cm³/mol. The molecule has 0 saturated carbocycles. The Kier molecular flexibility index (Phi) is 8.27. The van der Waals surface area contributed by atoms with Gasteiger partial charge in [0.05, 0.1) is 22.5 Å². The monoisotopic (exact) mass is 503 g/mol. The third-order valence-corrected chi connectivity index (χ3v) is 8.72. The molecule has 0 radical (unpaired) electrons. The van der Waals surface area contributed by atoms with Crippen LogP contribution in [0.2, 0.25) is 0 Å². The van der Waals surface area contributed by atoms with E-state index >= 15 is 0 Å². The quantitative estimate of drug-likeness (QED) is 0.422. The average Bonchev–Trinajstić information content (AvgIpc) is 2.82. The first kappa shape index (κ1) is 26.1. The highest BCUT2D eigenvalue weighted by Crippen LogP contribution is 2.24. The highest BCUT2D eigenvalue weighted by Gasteiger charge is 2.32. The third-order valence-electron chi connectivity index (χ3n) is 5.43. The number of rotatable bonds is 10. The highest BCUT2D eigenvalue weighted by molar-refractivity contribution is 7.89. The van der Waals surface area contributed by atoms with E-state index in [9.17, 15) is 21.9 Å². The number of nitrogens with zero attached hydrogens (tertiary/aromatic N) is 1. The van der Waals surface area contributed by atoms with Crippen molar-refractivity contribution in [1.29, 1.82) is 0 Å². The summed E-state index contributed by atoms with van der Waals surface area (Å²) in [6.07, 6.45) is -1.11. The number of aryl methyl sites for hydroxylation is 2. The van der Waals surface area contributed by atoms with E-state index in [1.54, 1.807) is 61.5 Å². The molecule has 0 aliphatic carbocycles. The fraction of sp³-hybridized carbons (Fsp3) is 0.280. The van der Waals surface area contributed by atoms with Crippen molar-refractivity contribution in [2.75, 3.05) is 13.2 Å². The summed E-state index contributed by atoms with van der Waals surface area (Å²) in [6, 6.07) is 20.3. The van der Waals surface area contributed by atoms with E-state index in [-0.39, 0.29) is 16.3 Å². The van der Waals surface area contributed by atoms with Gasteiger partial charge in [0.1, 0.15) is 0 Å². The molecule has 0 saturated heterocycles. The zero-order valence-electron chi connectivity index (χ0n) is 19.3. The van der Waals surface area contributed by atoms with Gasteiger partial charge in [-0.1, -0.05) is 65.7 Å². The van der Waals surface area contributed by atoms with Crippen molar-refractivity contribution >= 4 is 20.1 Å². The highest BCUT2D eigenvalue weighted by atomic mass is 32.2. The number of sulfonamides is 1. The van der Waals surface area contributed by atoms with Crippen LogP contribution >= 0.6 is 0 Å². The Balaban J connectivity index is 1.87. The Morgan fingerprint density at radius 2 is 1.29 bits per heavy atom. The second-order valence-corrected chi connectivity index (χ2v) is 11.7. The zero-order valence-corrected chi connectivity index (χ0v) is 21.0. The van der Waals surface area contributed by atoms with Crippen LogP contribution in [0, 0.1) is 13.8 Å². The lowest BCUT2D eigenvalue weighted by molar-refractivity contribution is 0.122. The van der Waals surface area contributed by atoms with Gasteiger partial charge < -0.3 is 5.11 Å². The van der Waals surface area contributed by atoms with E-state index in [4.69, 9.17) is 4.18 Å². The lowest BCUT2D eigenvalue weighted by Crippen LogP contribution is -2.43. The van der Waals surface area contributed by atoms with Crippen LogP contribution < -0.4 is 0 Å². The lowest BCUT2D eigenvalue weighted by Gasteiger charge is -2.30. The molecule has 9 heteroatoms. The molecule has 0 aliphatic heterocycles. The second kappa shape index (κ2) is 10.8. The maximum absolute atomic E-state index is 13.5. The van der Waals surface area contributed by atoms with Gasteiger partial charge in [-0.05, 0) is 50.6 Å². The van der Waals surface area contributed by atoms with Gasteiger partial charge in [-0.15, -0.1) is 0 Å². The van der Waals surface area contributed by atoms with Gasteiger partial charge in [0.2, 0.25) is 10.0 Å². The Morgan fingerprint density at radius 1 is 0.794 bits per heavy atom. The second-order valence-electron chi connectivity index (χ2n) is 8.21. The lowest BCUT2D eigenvalue weighted by atomic mass is 10.1. The number of aliphatic hydroxyl groups is 1. The molecule has 0 bridgehead atoms. The summed E-state index contributed by atoms with van der Waals surface area (Å²) in [4.78, 5) is 0.0363. The molecule has 3 aromatic carbocycles. The van der Waals surface area contributed by atoms with Gasteiger partial charge in [-0.25, -0.2) is 8.42 Å². The first-order valence-electron chi connectivity index (χ1n) is 10.8. The minimum atomic E-state index is -4.09. The fourth-order valence-corrected chi connectivity index (χ4v) is 5.96. The van der Waals surface area contributed by atoms with E-state index in [2.05, 4.69) is 0 Å². The summed E-state index contributed by atoms with van der Waals surface area (Å²) in [5.41, 5.74) is 2.35. The molecule has 7 nitrogen and oxygen atoms in total. The molecule has 3 rings (SSSR count). The van der Waals surface area contributed by atoms with Crippen LogP contribution in [0.1, 0.15) is 29.7 Å². The molecule has 0 fully saturated rings. The van der Waals surface area contributed by atoms with Gasteiger partial charge in [0.25, 0.3) is 10.1 Å². The van der Waals surface area contributed by atoms with Crippen molar-refractivity contribution in [2.45, 2.75) is 42.7 Å². The zero-order chi connectivity index (χ0) is 24.9. The van der Waals surface area contributed by atoms with Gasteiger partial charge in [-0.2, -0.15) is 12.7 Å². The summed E-state index contributed by atoms with van der Waals surface area (Å²) < 4.78 is 58.6. The molecule has 34 heavy (non-hydrogen) atoms. The van der Waals surface area contributed by atoms with Gasteiger partial charge >= 0.3 is 0 Å². The number of hydrogen-bond donors (Lipinski definition) is 1. The summed E-state index contributed by atoms with van der Waals surface area (Å²) in [7, 11) is -8.15. The van der Waals surface area contributed by atoms with Crippen LogP contribution in [0.5, 0.6) is 0 Å². The first-order chi connectivity index (χ1) is 16.0. The molecule has 0 amide bonds. The first-order valence-corrected chi connectivity index (χ1v) is 13.6. The Labute approximate surface area is 201 Å². The summed E-state index contributed by atoms with van der Waals surface area (Å²) in [5, 5.41) is 10.8. The SMILES string of the molecule is Cc1ccc(S(=O)(=O)OC[C@H](C)N(C[C@H](O)c2ccccc2)S(=O)(=O)c2ccc(C)cc2)cc1. The standard InChI is InChI=1S/C25H29NO6S2/c1-19-9-13-23(14-10-19)33(28,29)26(17-25(27)22-7-5-4-6-8-22)21(3)18-32-34(30,31)24-15-11-20(2)12-16-24/h4-16,21,25,27H,17-18H2,1-3H3/t21-,25-/m0/s1. The summed E-state index contributed by atoms with van der Waals surface area (Å²) in [6.45, 7) is 4.55. The van der Waals surface area contributed by atoms with Gasteiger partial charge in [0.15, 0.2) is 0 Å². The molecule has 1 N–H and O–H groups in total. The predicted octanol–water partition coefficient (Wildman–Crippen LogP) is 3.82. The van der Waals surface area contributed by atoms with Crippen molar-refractivity contribution < 1.29 is 26.1 Å². The molecule has 0 heterocycles. The van der Waals surface area contributed by atoms with Gasteiger partial charge in [-0.3, -0.25) is 4.18 Å². The Hall–Kier alpha value is -2.56. The minimum absolute atomic E-state index is 0.0115.